The van der Waals surface area contributed by atoms with Gasteiger partial charge in [-0.05, 0) is 43.0 Å². The zero-order valence-corrected chi connectivity index (χ0v) is 17.5. The van der Waals surface area contributed by atoms with E-state index >= 15 is 0 Å². The van der Waals surface area contributed by atoms with Crippen molar-refractivity contribution in [3.63, 3.8) is 0 Å². The summed E-state index contributed by atoms with van der Waals surface area (Å²) in [4.78, 5) is 0. The SMILES string of the molecule is C=C[C@@]1(O)C=CC[C@]1(CCO[Si](C)(C)C(C)(C)C)Cc1ccccc1. The number of hydrogen-bond acceptors (Lipinski definition) is 2. The highest BCUT2D eigenvalue weighted by Crippen LogP contribution is 2.48. The van der Waals surface area contributed by atoms with E-state index < -0.39 is 13.9 Å². The monoisotopic (exact) mass is 358 g/mol. The van der Waals surface area contributed by atoms with Gasteiger partial charge in [-0.15, -0.1) is 0 Å². The van der Waals surface area contributed by atoms with Crippen LogP contribution in [0.1, 0.15) is 39.2 Å². The maximum Gasteiger partial charge on any atom is 0.191 e. The Kier molecular flexibility index (Phi) is 5.82. The highest BCUT2D eigenvalue weighted by atomic mass is 28.4. The van der Waals surface area contributed by atoms with E-state index in [0.717, 1.165) is 19.3 Å². The van der Waals surface area contributed by atoms with E-state index in [2.05, 4.69) is 70.8 Å². The molecule has 0 radical (unpaired) electrons. The molecule has 0 unspecified atom stereocenters. The Morgan fingerprint density at radius 2 is 1.88 bits per heavy atom. The minimum Gasteiger partial charge on any atom is -0.417 e. The van der Waals surface area contributed by atoms with E-state index in [4.69, 9.17) is 4.43 Å². The lowest BCUT2D eigenvalue weighted by molar-refractivity contribution is -0.00792. The van der Waals surface area contributed by atoms with Gasteiger partial charge in [-0.3, -0.25) is 0 Å². The highest BCUT2D eigenvalue weighted by Gasteiger charge is 2.49. The molecule has 0 spiro atoms. The van der Waals surface area contributed by atoms with Gasteiger partial charge < -0.3 is 9.53 Å². The zero-order chi connectivity index (χ0) is 18.8. The molecule has 0 saturated heterocycles. The van der Waals surface area contributed by atoms with Crippen LogP contribution in [0, 0.1) is 5.41 Å². The fourth-order valence-electron chi connectivity index (χ4n) is 3.40. The van der Waals surface area contributed by atoms with E-state index in [1.54, 1.807) is 6.08 Å². The normalized spacial score (nSPS) is 26.8. The Morgan fingerprint density at radius 1 is 1.24 bits per heavy atom. The zero-order valence-electron chi connectivity index (χ0n) is 16.5. The summed E-state index contributed by atoms with van der Waals surface area (Å²) in [5.41, 5.74) is -0.00299. The van der Waals surface area contributed by atoms with Crippen molar-refractivity contribution in [2.45, 2.75) is 63.8 Å². The largest absolute Gasteiger partial charge is 0.417 e. The predicted octanol–water partition coefficient (Wildman–Crippen LogP) is 5.50. The van der Waals surface area contributed by atoms with Crippen molar-refractivity contribution in [2.75, 3.05) is 6.61 Å². The molecule has 1 aliphatic carbocycles. The van der Waals surface area contributed by atoms with Crippen LogP contribution in [0.5, 0.6) is 0 Å². The molecular formula is C22H34O2Si. The Morgan fingerprint density at radius 3 is 2.44 bits per heavy atom. The first-order chi connectivity index (χ1) is 11.6. The molecule has 0 bridgehead atoms. The standard InChI is InChI=1S/C22H34O2Si/c1-7-22(23)15-11-14-21(22,18-19-12-9-8-10-13-19)16-17-24-25(5,6)20(2,3)4/h7-13,15,23H,1,14,16-18H2,2-6H3/t21-,22+/m0/s1. The Bertz CT molecular complexity index is 615. The first-order valence-electron chi connectivity index (χ1n) is 9.27. The first kappa shape index (κ1) is 20.2. The minimum atomic E-state index is -1.79. The van der Waals surface area contributed by atoms with Gasteiger partial charge in [0, 0.05) is 12.0 Å². The van der Waals surface area contributed by atoms with Crippen molar-refractivity contribution in [1.82, 2.24) is 0 Å². The van der Waals surface area contributed by atoms with Crippen molar-refractivity contribution in [3.8, 4) is 0 Å². The smallest absolute Gasteiger partial charge is 0.191 e. The average Bonchev–Trinajstić information content (AvgIpc) is 2.84. The van der Waals surface area contributed by atoms with Gasteiger partial charge in [0.1, 0.15) is 5.60 Å². The molecule has 25 heavy (non-hydrogen) atoms. The molecule has 0 heterocycles. The lowest BCUT2D eigenvalue weighted by atomic mass is 9.67. The predicted molar refractivity (Wildman–Crippen MR) is 109 cm³/mol. The summed E-state index contributed by atoms with van der Waals surface area (Å²) in [7, 11) is -1.79. The van der Waals surface area contributed by atoms with Gasteiger partial charge in [0.2, 0.25) is 0 Å². The summed E-state index contributed by atoms with van der Waals surface area (Å²) in [5.74, 6) is 0. The third kappa shape index (κ3) is 4.16. The number of hydrogen-bond donors (Lipinski definition) is 1. The summed E-state index contributed by atoms with van der Waals surface area (Å²) in [5, 5.41) is 11.4. The summed E-state index contributed by atoms with van der Waals surface area (Å²) in [6.45, 7) is 15.9. The third-order valence-electron chi connectivity index (χ3n) is 6.28. The first-order valence-corrected chi connectivity index (χ1v) is 12.2. The summed E-state index contributed by atoms with van der Waals surface area (Å²) < 4.78 is 6.42. The highest BCUT2D eigenvalue weighted by molar-refractivity contribution is 6.74. The van der Waals surface area contributed by atoms with E-state index in [0.29, 0.717) is 6.61 Å². The van der Waals surface area contributed by atoms with Crippen LogP contribution in [0.2, 0.25) is 18.1 Å². The molecule has 1 aromatic carbocycles. The fraction of sp³-hybridized carbons (Fsp3) is 0.545. The van der Waals surface area contributed by atoms with Crippen LogP contribution in [-0.2, 0) is 10.8 Å². The number of allylic oxidation sites excluding steroid dienone is 1. The molecule has 3 heteroatoms. The lowest BCUT2D eigenvalue weighted by Gasteiger charge is -2.43. The molecule has 0 fully saturated rings. The van der Waals surface area contributed by atoms with Crippen molar-refractivity contribution >= 4 is 8.32 Å². The molecule has 1 aromatic rings. The van der Waals surface area contributed by atoms with Gasteiger partial charge in [-0.1, -0.05) is 75.9 Å². The summed E-state index contributed by atoms with van der Waals surface area (Å²) in [6.07, 6.45) is 8.21. The van der Waals surface area contributed by atoms with Crippen molar-refractivity contribution in [2.24, 2.45) is 5.41 Å². The van der Waals surface area contributed by atoms with Crippen LogP contribution in [0.15, 0.2) is 55.1 Å². The second kappa shape index (κ2) is 7.22. The van der Waals surface area contributed by atoms with E-state index in [1.165, 1.54) is 5.56 Å². The second-order valence-electron chi connectivity index (χ2n) is 8.94. The van der Waals surface area contributed by atoms with Gasteiger partial charge in [-0.25, -0.2) is 0 Å². The average molecular weight is 359 g/mol. The molecule has 0 aromatic heterocycles. The minimum absolute atomic E-state index is 0.197. The topological polar surface area (TPSA) is 29.5 Å². The van der Waals surface area contributed by atoms with Crippen LogP contribution < -0.4 is 0 Å². The van der Waals surface area contributed by atoms with Gasteiger partial charge in [-0.2, -0.15) is 0 Å². The van der Waals surface area contributed by atoms with E-state index in [1.807, 2.05) is 12.1 Å². The number of benzene rings is 1. The summed E-state index contributed by atoms with van der Waals surface area (Å²) in [6, 6.07) is 10.4. The molecule has 2 nitrogen and oxygen atoms in total. The molecule has 0 amide bonds. The molecule has 1 aliphatic rings. The van der Waals surface area contributed by atoms with Gasteiger partial charge in [0.25, 0.3) is 0 Å². The molecule has 1 N–H and O–H groups in total. The van der Waals surface area contributed by atoms with Crippen molar-refractivity contribution < 1.29 is 9.53 Å². The quantitative estimate of drug-likeness (QED) is 0.515. The van der Waals surface area contributed by atoms with Crippen LogP contribution in [0.3, 0.4) is 0 Å². The molecule has 2 rings (SSSR count). The van der Waals surface area contributed by atoms with Gasteiger partial charge in [0.05, 0.1) is 0 Å². The second-order valence-corrected chi connectivity index (χ2v) is 13.7. The molecule has 0 saturated carbocycles. The number of aliphatic hydroxyl groups is 1. The van der Waals surface area contributed by atoms with Crippen LogP contribution >= 0.6 is 0 Å². The van der Waals surface area contributed by atoms with E-state index in [9.17, 15) is 5.11 Å². The maximum atomic E-state index is 11.2. The Balaban J connectivity index is 2.18. The van der Waals surface area contributed by atoms with Crippen LogP contribution in [-0.4, -0.2) is 25.6 Å². The van der Waals surface area contributed by atoms with Crippen molar-refractivity contribution in [1.29, 1.82) is 0 Å². The third-order valence-corrected chi connectivity index (χ3v) is 10.8. The summed E-state index contributed by atoms with van der Waals surface area (Å²) >= 11 is 0. The van der Waals surface area contributed by atoms with E-state index in [-0.39, 0.29) is 10.5 Å². The maximum absolute atomic E-state index is 11.2. The van der Waals surface area contributed by atoms with Crippen LogP contribution in [0.25, 0.3) is 0 Å². The van der Waals surface area contributed by atoms with Gasteiger partial charge >= 0.3 is 0 Å². The lowest BCUT2D eigenvalue weighted by Crippen LogP contribution is -2.46. The fourth-order valence-corrected chi connectivity index (χ4v) is 4.44. The van der Waals surface area contributed by atoms with Crippen molar-refractivity contribution in [3.05, 3.63) is 60.7 Å². The Labute approximate surface area is 154 Å². The molecule has 2 atom stereocenters. The number of rotatable bonds is 7. The molecule has 0 aliphatic heterocycles. The Hall–Kier alpha value is -1.16. The van der Waals surface area contributed by atoms with Gasteiger partial charge in [0.15, 0.2) is 8.32 Å². The molecular weight excluding hydrogens is 324 g/mol. The molecule has 138 valence electrons. The van der Waals surface area contributed by atoms with Crippen LogP contribution in [0.4, 0.5) is 0 Å².